The molecule has 0 atom stereocenters. The highest BCUT2D eigenvalue weighted by molar-refractivity contribution is 5.59. The molecule has 0 aromatic heterocycles. The number of halogens is 1. The zero-order valence-electron chi connectivity index (χ0n) is 7.90. The third-order valence-corrected chi connectivity index (χ3v) is 1.86. The summed E-state index contributed by atoms with van der Waals surface area (Å²) in [7, 11) is 1.21. The standard InChI is InChI=1S/C9H8FNO4/c1-15-7-3-2-6(4-5-12)8(10)9(7)11(13)14/h2-3,5H,4H2,1H3. The molecule has 0 radical (unpaired) electrons. The second-order valence-electron chi connectivity index (χ2n) is 2.72. The van der Waals surface area contributed by atoms with E-state index in [9.17, 15) is 19.3 Å². The van der Waals surface area contributed by atoms with Crippen LogP contribution < -0.4 is 4.74 Å². The van der Waals surface area contributed by atoms with Crippen molar-refractivity contribution in [3.8, 4) is 5.75 Å². The maximum atomic E-state index is 13.5. The minimum Gasteiger partial charge on any atom is -0.490 e. The molecule has 1 aromatic rings. The summed E-state index contributed by atoms with van der Waals surface area (Å²) in [4.78, 5) is 19.9. The zero-order chi connectivity index (χ0) is 11.4. The second-order valence-corrected chi connectivity index (χ2v) is 2.72. The van der Waals surface area contributed by atoms with Gasteiger partial charge in [0.15, 0.2) is 5.75 Å². The van der Waals surface area contributed by atoms with Crippen LogP contribution >= 0.6 is 0 Å². The predicted octanol–water partition coefficient (Wildman–Crippen LogP) is 1.48. The van der Waals surface area contributed by atoms with Crippen LogP contribution in [0.5, 0.6) is 5.75 Å². The highest BCUT2D eigenvalue weighted by Crippen LogP contribution is 2.31. The highest BCUT2D eigenvalue weighted by Gasteiger charge is 2.23. The van der Waals surface area contributed by atoms with Crippen LogP contribution in [0.3, 0.4) is 0 Å². The van der Waals surface area contributed by atoms with Gasteiger partial charge in [-0.05, 0) is 6.07 Å². The zero-order valence-corrected chi connectivity index (χ0v) is 7.90. The monoisotopic (exact) mass is 213 g/mol. The first kappa shape index (κ1) is 11.1. The van der Waals surface area contributed by atoms with Gasteiger partial charge in [0.05, 0.1) is 12.0 Å². The number of nitrogens with zero attached hydrogens (tertiary/aromatic N) is 1. The third kappa shape index (κ3) is 2.09. The smallest absolute Gasteiger partial charge is 0.346 e. The van der Waals surface area contributed by atoms with Crippen molar-refractivity contribution in [2.24, 2.45) is 0 Å². The Balaban J connectivity index is 3.35. The molecule has 0 aliphatic heterocycles. The van der Waals surface area contributed by atoms with Gasteiger partial charge in [-0.1, -0.05) is 6.07 Å². The van der Waals surface area contributed by atoms with Crippen molar-refractivity contribution in [2.45, 2.75) is 6.42 Å². The molecule has 0 N–H and O–H groups in total. The topological polar surface area (TPSA) is 69.4 Å². The summed E-state index contributed by atoms with van der Waals surface area (Å²) in [5, 5.41) is 10.6. The fraction of sp³-hybridized carbons (Fsp3) is 0.222. The van der Waals surface area contributed by atoms with Crippen molar-refractivity contribution in [1.29, 1.82) is 0 Å². The lowest BCUT2D eigenvalue weighted by atomic mass is 10.1. The van der Waals surface area contributed by atoms with Gasteiger partial charge in [-0.3, -0.25) is 10.1 Å². The number of nitro benzene ring substituents is 1. The Bertz CT molecular complexity index is 405. The molecule has 0 aliphatic rings. The van der Waals surface area contributed by atoms with Crippen molar-refractivity contribution in [1.82, 2.24) is 0 Å². The van der Waals surface area contributed by atoms with Gasteiger partial charge in [-0.15, -0.1) is 0 Å². The molecule has 0 unspecified atom stereocenters. The maximum absolute atomic E-state index is 13.5. The Hall–Kier alpha value is -1.98. The molecule has 5 nitrogen and oxygen atoms in total. The van der Waals surface area contributed by atoms with E-state index in [2.05, 4.69) is 4.74 Å². The highest BCUT2D eigenvalue weighted by atomic mass is 19.1. The number of nitro groups is 1. The molecule has 0 saturated carbocycles. The Morgan fingerprint density at radius 1 is 1.60 bits per heavy atom. The summed E-state index contributed by atoms with van der Waals surface area (Å²) in [5.74, 6) is -1.18. The van der Waals surface area contributed by atoms with Gasteiger partial charge in [-0.2, -0.15) is 4.39 Å². The SMILES string of the molecule is COc1ccc(CC=O)c(F)c1[N+](=O)[O-]. The molecule has 1 rings (SSSR count). The normalized spacial score (nSPS) is 9.73. The van der Waals surface area contributed by atoms with Crippen LogP contribution in [-0.4, -0.2) is 18.3 Å². The number of benzene rings is 1. The van der Waals surface area contributed by atoms with Gasteiger partial charge in [0.25, 0.3) is 0 Å². The average molecular weight is 213 g/mol. The summed E-state index contributed by atoms with van der Waals surface area (Å²) in [5.41, 5.74) is -0.755. The maximum Gasteiger partial charge on any atom is 0.346 e. The van der Waals surface area contributed by atoms with Crippen LogP contribution in [0.2, 0.25) is 0 Å². The van der Waals surface area contributed by atoms with Crippen LogP contribution in [0.1, 0.15) is 5.56 Å². The molecule has 0 heterocycles. The fourth-order valence-corrected chi connectivity index (χ4v) is 1.17. The van der Waals surface area contributed by atoms with Crippen molar-refractivity contribution in [3.05, 3.63) is 33.6 Å². The van der Waals surface area contributed by atoms with E-state index in [1.807, 2.05) is 0 Å². The van der Waals surface area contributed by atoms with Gasteiger partial charge in [0, 0.05) is 12.0 Å². The van der Waals surface area contributed by atoms with E-state index in [4.69, 9.17) is 0 Å². The molecule has 80 valence electrons. The number of methoxy groups -OCH3 is 1. The number of carbonyl (C=O) groups excluding carboxylic acids is 1. The van der Waals surface area contributed by atoms with Gasteiger partial charge in [0.2, 0.25) is 5.82 Å². The van der Waals surface area contributed by atoms with Crippen molar-refractivity contribution in [3.63, 3.8) is 0 Å². The molecular formula is C9H8FNO4. The largest absolute Gasteiger partial charge is 0.490 e. The summed E-state index contributed by atoms with van der Waals surface area (Å²) < 4.78 is 18.1. The minimum atomic E-state index is -1.02. The molecule has 0 aliphatic carbocycles. The van der Waals surface area contributed by atoms with E-state index >= 15 is 0 Å². The number of carbonyl (C=O) groups is 1. The van der Waals surface area contributed by atoms with Gasteiger partial charge in [0.1, 0.15) is 6.29 Å². The lowest BCUT2D eigenvalue weighted by molar-refractivity contribution is -0.388. The van der Waals surface area contributed by atoms with Crippen molar-refractivity contribution < 1.29 is 18.8 Å². The first-order valence-electron chi connectivity index (χ1n) is 4.05. The van der Waals surface area contributed by atoms with E-state index in [0.29, 0.717) is 6.29 Å². The Morgan fingerprint density at radius 3 is 2.73 bits per heavy atom. The van der Waals surface area contributed by atoms with Crippen LogP contribution in [0.4, 0.5) is 10.1 Å². The summed E-state index contributed by atoms with van der Waals surface area (Å²) >= 11 is 0. The molecule has 0 saturated heterocycles. The molecule has 0 fully saturated rings. The van der Waals surface area contributed by atoms with Crippen LogP contribution in [0, 0.1) is 15.9 Å². The second kappa shape index (κ2) is 4.50. The molecule has 15 heavy (non-hydrogen) atoms. The van der Waals surface area contributed by atoms with E-state index in [0.717, 1.165) is 0 Å². The molecule has 0 bridgehead atoms. The number of hydrogen-bond acceptors (Lipinski definition) is 4. The molecular weight excluding hydrogens is 205 g/mol. The van der Waals surface area contributed by atoms with E-state index in [-0.39, 0.29) is 17.7 Å². The van der Waals surface area contributed by atoms with Crippen molar-refractivity contribution >= 4 is 12.0 Å². The number of ether oxygens (including phenoxy) is 1. The fourth-order valence-electron chi connectivity index (χ4n) is 1.17. The van der Waals surface area contributed by atoms with Crippen molar-refractivity contribution in [2.75, 3.05) is 7.11 Å². The van der Waals surface area contributed by atoms with Crippen LogP contribution in [0.25, 0.3) is 0 Å². The lowest BCUT2D eigenvalue weighted by Crippen LogP contribution is -2.01. The number of rotatable bonds is 4. The average Bonchev–Trinajstić information content (AvgIpc) is 2.20. The Kier molecular flexibility index (Phi) is 3.33. The van der Waals surface area contributed by atoms with Crippen LogP contribution in [0.15, 0.2) is 12.1 Å². The first-order valence-corrected chi connectivity index (χ1v) is 4.05. The Morgan fingerprint density at radius 2 is 2.27 bits per heavy atom. The number of aldehydes is 1. The van der Waals surface area contributed by atoms with Gasteiger partial charge >= 0.3 is 5.69 Å². The summed E-state index contributed by atoms with van der Waals surface area (Å²) in [6.45, 7) is 0. The van der Waals surface area contributed by atoms with E-state index in [1.165, 1.54) is 19.2 Å². The van der Waals surface area contributed by atoms with E-state index in [1.54, 1.807) is 0 Å². The predicted molar refractivity (Wildman–Crippen MR) is 49.4 cm³/mol. The Labute approximate surface area is 84.6 Å². The van der Waals surface area contributed by atoms with Gasteiger partial charge < -0.3 is 9.53 Å². The summed E-state index contributed by atoms with van der Waals surface area (Å²) in [6, 6.07) is 2.55. The lowest BCUT2D eigenvalue weighted by Gasteiger charge is -2.04. The van der Waals surface area contributed by atoms with E-state index < -0.39 is 16.4 Å². The van der Waals surface area contributed by atoms with Crippen LogP contribution in [-0.2, 0) is 11.2 Å². The molecule has 6 heteroatoms. The quantitative estimate of drug-likeness (QED) is 0.431. The number of hydrogen-bond donors (Lipinski definition) is 0. The minimum absolute atomic E-state index is 0.0162. The molecule has 0 spiro atoms. The first-order chi connectivity index (χ1) is 7.11. The van der Waals surface area contributed by atoms with Gasteiger partial charge in [-0.25, -0.2) is 0 Å². The molecule has 0 amide bonds. The third-order valence-electron chi connectivity index (χ3n) is 1.86. The molecule has 1 aromatic carbocycles. The summed E-state index contributed by atoms with van der Waals surface area (Å²) in [6.07, 6.45) is 0.283.